The molecule has 1 heterocycles. The molecule has 1 aromatic heterocycles. The third kappa shape index (κ3) is 5.22. The standard InChI is InChI=1S/C19H16ClN7O6/c1-10-3-6-15(33-2)13(7-10)23-17-16(27(31)32)18(22-9-21-17)24-25-19(28)11-4-5-12(20)14(8-11)26(29)30/h3-9H,1-2H3,(H,25,28)(H2,21,22,23,24). The number of methoxy groups -OCH3 is 1. The van der Waals surface area contributed by atoms with Crippen molar-refractivity contribution >= 4 is 46.2 Å². The number of carbonyl (C=O) groups excluding carboxylic acids is 1. The average molecular weight is 474 g/mol. The van der Waals surface area contributed by atoms with Gasteiger partial charge >= 0.3 is 5.69 Å². The van der Waals surface area contributed by atoms with Gasteiger partial charge in [-0.3, -0.25) is 35.9 Å². The molecule has 0 aliphatic heterocycles. The van der Waals surface area contributed by atoms with Gasteiger partial charge in [-0.1, -0.05) is 17.7 Å². The van der Waals surface area contributed by atoms with Crippen LogP contribution in [0.5, 0.6) is 5.75 Å². The van der Waals surface area contributed by atoms with Crippen molar-refractivity contribution in [3.05, 3.63) is 79.1 Å². The summed E-state index contributed by atoms with van der Waals surface area (Å²) in [6.07, 6.45) is 1.05. The molecule has 0 saturated carbocycles. The van der Waals surface area contributed by atoms with Crippen molar-refractivity contribution in [1.29, 1.82) is 0 Å². The van der Waals surface area contributed by atoms with Crippen molar-refractivity contribution in [2.24, 2.45) is 0 Å². The van der Waals surface area contributed by atoms with E-state index in [0.717, 1.165) is 18.0 Å². The minimum atomic E-state index is -0.808. The molecule has 13 nitrogen and oxygen atoms in total. The number of anilines is 3. The third-order valence-electron chi connectivity index (χ3n) is 4.31. The fourth-order valence-corrected chi connectivity index (χ4v) is 2.95. The molecule has 3 N–H and O–H groups in total. The van der Waals surface area contributed by atoms with Crippen LogP contribution in [0.4, 0.5) is 28.7 Å². The van der Waals surface area contributed by atoms with Gasteiger partial charge < -0.3 is 10.1 Å². The first-order chi connectivity index (χ1) is 15.7. The average Bonchev–Trinajstić information content (AvgIpc) is 2.77. The smallest absolute Gasteiger partial charge is 0.355 e. The number of nitrogens with zero attached hydrogens (tertiary/aromatic N) is 4. The summed E-state index contributed by atoms with van der Waals surface area (Å²) in [5.41, 5.74) is 4.77. The van der Waals surface area contributed by atoms with Gasteiger partial charge in [0.15, 0.2) is 0 Å². The fraction of sp³-hybridized carbons (Fsp3) is 0.105. The first kappa shape index (κ1) is 23.1. The zero-order chi connectivity index (χ0) is 24.1. The largest absolute Gasteiger partial charge is 0.495 e. The SMILES string of the molecule is COc1ccc(C)cc1Nc1ncnc(NNC(=O)c2ccc(Cl)c([N+](=O)[O-])c2)c1[N+](=O)[O-]. The molecule has 0 saturated heterocycles. The van der Waals surface area contributed by atoms with E-state index in [1.54, 1.807) is 12.1 Å². The van der Waals surface area contributed by atoms with Gasteiger partial charge in [-0.25, -0.2) is 9.97 Å². The van der Waals surface area contributed by atoms with Crippen LogP contribution in [0.25, 0.3) is 0 Å². The van der Waals surface area contributed by atoms with Crippen molar-refractivity contribution in [2.75, 3.05) is 17.9 Å². The van der Waals surface area contributed by atoms with Crippen molar-refractivity contribution in [2.45, 2.75) is 6.92 Å². The molecule has 3 aromatic rings. The number of aryl methyl sites for hydroxylation is 1. The minimum Gasteiger partial charge on any atom is -0.495 e. The van der Waals surface area contributed by atoms with Gasteiger partial charge in [0, 0.05) is 11.6 Å². The second-order valence-electron chi connectivity index (χ2n) is 6.51. The molecule has 0 spiro atoms. The number of halogens is 1. The maximum Gasteiger partial charge on any atom is 0.355 e. The molecular weight excluding hydrogens is 458 g/mol. The van der Waals surface area contributed by atoms with Crippen molar-refractivity contribution in [1.82, 2.24) is 15.4 Å². The highest BCUT2D eigenvalue weighted by Gasteiger charge is 2.25. The molecule has 0 bridgehead atoms. The molecule has 0 radical (unpaired) electrons. The maximum atomic E-state index is 12.4. The highest BCUT2D eigenvalue weighted by molar-refractivity contribution is 6.32. The van der Waals surface area contributed by atoms with Gasteiger partial charge in [0.25, 0.3) is 11.6 Å². The fourth-order valence-electron chi connectivity index (χ4n) is 2.76. The minimum absolute atomic E-state index is 0.0989. The molecule has 170 valence electrons. The summed E-state index contributed by atoms with van der Waals surface area (Å²) in [6.45, 7) is 1.84. The number of nitro benzene ring substituents is 1. The van der Waals surface area contributed by atoms with Gasteiger partial charge in [0.1, 0.15) is 17.1 Å². The highest BCUT2D eigenvalue weighted by atomic mass is 35.5. The first-order valence-corrected chi connectivity index (χ1v) is 9.50. The zero-order valence-corrected chi connectivity index (χ0v) is 17.9. The summed E-state index contributed by atoms with van der Waals surface area (Å²) in [5, 5.41) is 25.5. The Bertz CT molecular complexity index is 1250. The molecular formula is C19H16ClN7O6. The number of hydrogen-bond acceptors (Lipinski definition) is 10. The van der Waals surface area contributed by atoms with Crippen molar-refractivity contribution < 1.29 is 19.4 Å². The molecule has 1 amide bonds. The van der Waals surface area contributed by atoms with Crippen LogP contribution >= 0.6 is 11.6 Å². The van der Waals surface area contributed by atoms with Crippen LogP contribution in [0.15, 0.2) is 42.7 Å². The molecule has 0 aliphatic rings. The summed E-state index contributed by atoms with van der Waals surface area (Å²) in [4.78, 5) is 41.4. The number of nitro groups is 2. The monoisotopic (exact) mass is 473 g/mol. The zero-order valence-electron chi connectivity index (χ0n) is 17.2. The summed E-state index contributed by atoms with van der Waals surface area (Å²) < 4.78 is 5.26. The van der Waals surface area contributed by atoms with Gasteiger partial charge in [-0.2, -0.15) is 0 Å². The van der Waals surface area contributed by atoms with Crippen LogP contribution in [-0.4, -0.2) is 32.8 Å². The van der Waals surface area contributed by atoms with Crippen LogP contribution in [-0.2, 0) is 0 Å². The molecule has 0 aliphatic carbocycles. The predicted octanol–water partition coefficient (Wildman–Crippen LogP) is 3.76. The first-order valence-electron chi connectivity index (χ1n) is 9.12. The Hall–Kier alpha value is -4.52. The lowest BCUT2D eigenvalue weighted by molar-refractivity contribution is -0.384. The number of hydrazine groups is 1. The van der Waals surface area contributed by atoms with Crippen molar-refractivity contribution in [3.63, 3.8) is 0 Å². The lowest BCUT2D eigenvalue weighted by Crippen LogP contribution is -2.30. The Kier molecular flexibility index (Phi) is 6.83. The molecule has 0 fully saturated rings. The van der Waals surface area contributed by atoms with Crippen LogP contribution in [0.1, 0.15) is 15.9 Å². The molecule has 14 heteroatoms. The van der Waals surface area contributed by atoms with E-state index >= 15 is 0 Å². The Morgan fingerprint density at radius 3 is 2.45 bits per heavy atom. The van der Waals surface area contributed by atoms with Crippen LogP contribution in [0, 0.1) is 27.2 Å². The number of rotatable bonds is 8. The van der Waals surface area contributed by atoms with E-state index in [1.165, 1.54) is 19.2 Å². The van der Waals surface area contributed by atoms with E-state index in [1.807, 2.05) is 13.0 Å². The van der Waals surface area contributed by atoms with Gasteiger partial charge in [-0.05, 0) is 36.8 Å². The Labute approximate surface area is 191 Å². The van der Waals surface area contributed by atoms with E-state index in [9.17, 15) is 25.0 Å². The lowest BCUT2D eigenvalue weighted by atomic mass is 10.2. The van der Waals surface area contributed by atoms with E-state index in [0.29, 0.717) is 11.4 Å². The van der Waals surface area contributed by atoms with Crippen LogP contribution in [0.2, 0.25) is 5.02 Å². The second kappa shape index (κ2) is 9.74. The number of aromatic nitrogens is 2. The topological polar surface area (TPSA) is 174 Å². The molecule has 33 heavy (non-hydrogen) atoms. The van der Waals surface area contributed by atoms with E-state index < -0.39 is 27.1 Å². The van der Waals surface area contributed by atoms with Crippen LogP contribution in [0.3, 0.4) is 0 Å². The van der Waals surface area contributed by atoms with E-state index in [2.05, 4.69) is 26.1 Å². The predicted molar refractivity (Wildman–Crippen MR) is 119 cm³/mol. The highest BCUT2D eigenvalue weighted by Crippen LogP contribution is 2.34. The number of ether oxygens (including phenoxy) is 1. The number of amides is 1. The lowest BCUT2D eigenvalue weighted by Gasteiger charge is -2.13. The maximum absolute atomic E-state index is 12.4. The number of nitrogens with one attached hydrogen (secondary N) is 3. The van der Waals surface area contributed by atoms with E-state index in [4.69, 9.17) is 16.3 Å². The number of benzene rings is 2. The second-order valence-corrected chi connectivity index (χ2v) is 6.91. The summed E-state index contributed by atoms with van der Waals surface area (Å²) >= 11 is 5.74. The van der Waals surface area contributed by atoms with Crippen LogP contribution < -0.4 is 20.9 Å². The molecule has 2 aromatic carbocycles. The van der Waals surface area contributed by atoms with E-state index in [-0.39, 0.29) is 22.2 Å². The quantitative estimate of drug-likeness (QED) is 0.322. The number of carbonyl (C=O) groups is 1. The van der Waals surface area contributed by atoms with Gasteiger partial charge in [0.2, 0.25) is 11.6 Å². The summed E-state index contributed by atoms with van der Waals surface area (Å²) in [6, 6.07) is 8.64. The Morgan fingerprint density at radius 2 is 1.79 bits per heavy atom. The van der Waals surface area contributed by atoms with Gasteiger partial charge in [-0.15, -0.1) is 0 Å². The van der Waals surface area contributed by atoms with Crippen molar-refractivity contribution in [3.8, 4) is 5.75 Å². The normalized spacial score (nSPS) is 10.3. The number of hydrogen-bond donors (Lipinski definition) is 3. The summed E-state index contributed by atoms with van der Waals surface area (Å²) in [7, 11) is 1.45. The Balaban J connectivity index is 1.87. The summed E-state index contributed by atoms with van der Waals surface area (Å²) in [5.74, 6) is -0.850. The molecule has 3 rings (SSSR count). The molecule has 0 unspecified atom stereocenters. The molecule has 0 atom stereocenters. The Morgan fingerprint density at radius 1 is 1.06 bits per heavy atom. The van der Waals surface area contributed by atoms with Gasteiger partial charge in [0.05, 0.1) is 22.6 Å². The third-order valence-corrected chi connectivity index (χ3v) is 4.63.